The summed E-state index contributed by atoms with van der Waals surface area (Å²) >= 11 is 0. The number of carbonyl (C=O) groups excluding carboxylic acids is 2. The van der Waals surface area contributed by atoms with Crippen LogP contribution in [0.25, 0.3) is 10.9 Å². The number of hydrogen-bond donors (Lipinski definition) is 2. The Bertz CT molecular complexity index is 1060. The highest BCUT2D eigenvalue weighted by Crippen LogP contribution is 2.31. The lowest BCUT2D eigenvalue weighted by atomic mass is 9.92. The third-order valence-corrected chi connectivity index (χ3v) is 5.17. The lowest BCUT2D eigenvalue weighted by Gasteiger charge is -2.21. The largest absolute Gasteiger partial charge is 0.373 e. The van der Waals surface area contributed by atoms with Crippen molar-refractivity contribution in [1.29, 1.82) is 0 Å². The first-order chi connectivity index (χ1) is 13.4. The van der Waals surface area contributed by atoms with E-state index in [9.17, 15) is 23.5 Å². The standard InChI is InChI=1S/C21H18F2N2O3/c22-15-9-13(10-16(23)12-15)1-4-19(26)21(28)6-8-25(20(21)27)17-2-3-18-14(11-17)5-7-24-18/h2-3,5,7,9-12,24,28H,1,4,6,8H2. The molecule has 7 heteroatoms. The predicted octanol–water partition coefficient (Wildman–Crippen LogP) is 3.12. The monoisotopic (exact) mass is 384 g/mol. The van der Waals surface area contributed by atoms with Crippen LogP contribution in [-0.4, -0.2) is 33.9 Å². The fourth-order valence-corrected chi connectivity index (χ4v) is 3.64. The molecule has 0 radical (unpaired) electrons. The minimum atomic E-state index is -2.11. The molecule has 1 aromatic heterocycles. The van der Waals surface area contributed by atoms with Crippen LogP contribution in [0.2, 0.25) is 0 Å². The SMILES string of the molecule is O=C(CCc1cc(F)cc(F)c1)C1(O)CCN(c2ccc3[nH]ccc3c2)C1=O. The van der Waals surface area contributed by atoms with Crippen LogP contribution in [-0.2, 0) is 16.0 Å². The summed E-state index contributed by atoms with van der Waals surface area (Å²) in [6.07, 6.45) is 1.62. The van der Waals surface area contributed by atoms with E-state index in [1.54, 1.807) is 12.3 Å². The van der Waals surface area contributed by atoms with Crippen molar-refractivity contribution in [2.45, 2.75) is 24.9 Å². The van der Waals surface area contributed by atoms with Gasteiger partial charge in [-0.25, -0.2) is 8.78 Å². The number of ketones is 1. The summed E-state index contributed by atoms with van der Waals surface area (Å²) in [5.41, 5.74) is -0.286. The van der Waals surface area contributed by atoms with Gasteiger partial charge in [0, 0.05) is 48.2 Å². The van der Waals surface area contributed by atoms with Gasteiger partial charge >= 0.3 is 0 Å². The summed E-state index contributed by atoms with van der Waals surface area (Å²) < 4.78 is 26.6. The molecule has 1 saturated heterocycles. The number of H-pyrrole nitrogens is 1. The molecule has 1 unspecified atom stereocenters. The van der Waals surface area contributed by atoms with Crippen molar-refractivity contribution < 1.29 is 23.5 Å². The Hall–Kier alpha value is -3.06. The van der Waals surface area contributed by atoms with Gasteiger partial charge in [0.15, 0.2) is 5.78 Å². The van der Waals surface area contributed by atoms with Gasteiger partial charge in [-0.1, -0.05) is 0 Å². The van der Waals surface area contributed by atoms with Gasteiger partial charge < -0.3 is 15.0 Å². The maximum Gasteiger partial charge on any atom is 0.266 e. The van der Waals surface area contributed by atoms with E-state index in [2.05, 4.69) is 4.98 Å². The highest BCUT2D eigenvalue weighted by molar-refractivity contribution is 6.17. The van der Waals surface area contributed by atoms with E-state index >= 15 is 0 Å². The van der Waals surface area contributed by atoms with Crippen LogP contribution >= 0.6 is 0 Å². The summed E-state index contributed by atoms with van der Waals surface area (Å²) in [4.78, 5) is 29.8. The van der Waals surface area contributed by atoms with Crippen molar-refractivity contribution in [1.82, 2.24) is 4.98 Å². The zero-order valence-corrected chi connectivity index (χ0v) is 14.9. The fourth-order valence-electron chi connectivity index (χ4n) is 3.64. The Kier molecular flexibility index (Phi) is 4.47. The molecule has 0 bridgehead atoms. The quantitative estimate of drug-likeness (QED) is 0.664. The number of Topliss-reactive ketones (excluding diaryl/α,β-unsaturated/α-hetero) is 1. The number of carbonyl (C=O) groups is 2. The van der Waals surface area contributed by atoms with Crippen molar-refractivity contribution in [3.63, 3.8) is 0 Å². The molecule has 0 saturated carbocycles. The van der Waals surface area contributed by atoms with Gasteiger partial charge in [0.2, 0.25) is 5.60 Å². The zero-order chi connectivity index (χ0) is 19.9. The Labute approximate surface area is 159 Å². The average Bonchev–Trinajstić information content (AvgIpc) is 3.24. The molecular formula is C21H18F2N2O3. The second kappa shape index (κ2) is 6.83. The summed E-state index contributed by atoms with van der Waals surface area (Å²) in [6, 6.07) is 10.3. The molecule has 3 aromatic rings. The first kappa shape index (κ1) is 18.3. The third kappa shape index (κ3) is 3.18. The van der Waals surface area contributed by atoms with E-state index in [1.807, 2.05) is 18.2 Å². The molecule has 4 rings (SSSR count). The van der Waals surface area contributed by atoms with Crippen molar-refractivity contribution >= 4 is 28.3 Å². The van der Waals surface area contributed by atoms with E-state index in [0.717, 1.165) is 29.1 Å². The van der Waals surface area contributed by atoms with Gasteiger partial charge in [-0.15, -0.1) is 0 Å². The predicted molar refractivity (Wildman–Crippen MR) is 99.9 cm³/mol. The second-order valence-electron chi connectivity index (χ2n) is 7.02. The summed E-state index contributed by atoms with van der Waals surface area (Å²) in [7, 11) is 0. The van der Waals surface area contributed by atoms with Crippen LogP contribution < -0.4 is 4.90 Å². The number of aromatic nitrogens is 1. The Morgan fingerprint density at radius 2 is 1.89 bits per heavy atom. The maximum atomic E-state index is 13.3. The molecule has 144 valence electrons. The molecule has 2 N–H and O–H groups in total. The zero-order valence-electron chi connectivity index (χ0n) is 14.9. The highest BCUT2D eigenvalue weighted by Gasteiger charge is 2.50. The Morgan fingerprint density at radius 3 is 2.64 bits per heavy atom. The molecule has 2 heterocycles. The van der Waals surface area contributed by atoms with E-state index in [-0.39, 0.29) is 25.8 Å². The van der Waals surface area contributed by atoms with Crippen molar-refractivity contribution in [2.75, 3.05) is 11.4 Å². The fraction of sp³-hybridized carbons (Fsp3) is 0.238. The average molecular weight is 384 g/mol. The molecule has 1 aliphatic rings. The molecule has 1 atom stereocenters. The number of benzene rings is 2. The molecule has 1 fully saturated rings. The Balaban J connectivity index is 1.49. The number of aryl methyl sites for hydroxylation is 1. The van der Waals surface area contributed by atoms with Crippen LogP contribution in [0.15, 0.2) is 48.7 Å². The van der Waals surface area contributed by atoms with Crippen LogP contribution in [0.3, 0.4) is 0 Å². The number of halogens is 2. The lowest BCUT2D eigenvalue weighted by molar-refractivity contribution is -0.147. The van der Waals surface area contributed by atoms with Crippen LogP contribution in [0, 0.1) is 11.6 Å². The number of amides is 1. The third-order valence-electron chi connectivity index (χ3n) is 5.17. The smallest absolute Gasteiger partial charge is 0.266 e. The minimum Gasteiger partial charge on any atom is -0.373 e. The van der Waals surface area contributed by atoms with Gasteiger partial charge in [0.25, 0.3) is 5.91 Å². The van der Waals surface area contributed by atoms with Gasteiger partial charge in [-0.2, -0.15) is 0 Å². The molecule has 2 aromatic carbocycles. The van der Waals surface area contributed by atoms with Gasteiger partial charge in [-0.05, 0) is 48.4 Å². The lowest BCUT2D eigenvalue weighted by Crippen LogP contribution is -2.47. The van der Waals surface area contributed by atoms with E-state index in [1.165, 1.54) is 4.90 Å². The first-order valence-electron chi connectivity index (χ1n) is 8.96. The number of hydrogen-bond acceptors (Lipinski definition) is 3. The number of aromatic amines is 1. The number of nitrogens with one attached hydrogen (secondary N) is 1. The molecule has 28 heavy (non-hydrogen) atoms. The van der Waals surface area contributed by atoms with Crippen molar-refractivity contribution in [3.8, 4) is 0 Å². The second-order valence-corrected chi connectivity index (χ2v) is 7.02. The number of fused-ring (bicyclic) bond motifs is 1. The van der Waals surface area contributed by atoms with E-state index in [4.69, 9.17) is 0 Å². The maximum absolute atomic E-state index is 13.3. The molecule has 5 nitrogen and oxygen atoms in total. The summed E-state index contributed by atoms with van der Waals surface area (Å²) in [5.74, 6) is -2.78. The topological polar surface area (TPSA) is 73.4 Å². The van der Waals surface area contributed by atoms with Crippen LogP contribution in [0.4, 0.5) is 14.5 Å². The van der Waals surface area contributed by atoms with Crippen molar-refractivity contribution in [3.05, 3.63) is 65.9 Å². The number of rotatable bonds is 5. The number of anilines is 1. The van der Waals surface area contributed by atoms with Crippen molar-refractivity contribution in [2.24, 2.45) is 0 Å². The van der Waals surface area contributed by atoms with E-state index < -0.39 is 28.9 Å². The molecule has 1 amide bonds. The first-order valence-corrected chi connectivity index (χ1v) is 8.96. The number of nitrogens with zero attached hydrogens (tertiary/aromatic N) is 1. The van der Waals surface area contributed by atoms with Crippen LogP contribution in [0.1, 0.15) is 18.4 Å². The minimum absolute atomic E-state index is 0.0205. The van der Waals surface area contributed by atoms with Crippen LogP contribution in [0.5, 0.6) is 0 Å². The van der Waals surface area contributed by atoms with Gasteiger partial charge in [0.05, 0.1) is 0 Å². The molecule has 1 aliphatic heterocycles. The van der Waals surface area contributed by atoms with E-state index in [0.29, 0.717) is 11.3 Å². The molecule has 0 spiro atoms. The summed E-state index contributed by atoms with van der Waals surface area (Å²) in [6.45, 7) is 0.214. The summed E-state index contributed by atoms with van der Waals surface area (Å²) in [5, 5.41) is 11.6. The molecule has 0 aliphatic carbocycles. The normalized spacial score (nSPS) is 19.5. The van der Waals surface area contributed by atoms with Gasteiger partial charge in [0.1, 0.15) is 11.6 Å². The number of aliphatic hydroxyl groups is 1. The Morgan fingerprint density at radius 1 is 1.14 bits per heavy atom. The van der Waals surface area contributed by atoms with Gasteiger partial charge in [-0.3, -0.25) is 9.59 Å². The molecular weight excluding hydrogens is 366 g/mol. The highest BCUT2D eigenvalue weighted by atomic mass is 19.1.